The van der Waals surface area contributed by atoms with Crippen LogP contribution in [-0.4, -0.2) is 6.71 Å². The first-order valence-corrected chi connectivity index (χ1v) is 29.8. The van der Waals surface area contributed by atoms with Crippen LogP contribution in [0.3, 0.4) is 0 Å². The zero-order valence-electron chi connectivity index (χ0n) is 49.9. The van der Waals surface area contributed by atoms with Crippen molar-refractivity contribution in [2.24, 2.45) is 0 Å². The van der Waals surface area contributed by atoms with Crippen molar-refractivity contribution in [1.82, 2.24) is 0 Å². The van der Waals surface area contributed by atoms with E-state index in [9.17, 15) is 0 Å². The Labute approximate surface area is 477 Å². The maximum atomic E-state index is 2.72. The molecule has 0 saturated carbocycles. The van der Waals surface area contributed by atoms with Gasteiger partial charge >= 0.3 is 0 Å². The standard InChI is InChI=1S/C74H80BN3S/c1-69(2,3)48-29-27-47(28-30-48)56-41-49(70(4,5)6)31-36-61(56)78-62-37-32-51(72(10,11)12)43-60(62)75-66-63(45-55(46-64(66)78)76(52-23-19-17-20-24-52)53-25-21-18-22-26-53)77(54-34-35-58-59(44-54)74(15,16)40-39-73(58,13)14)67-57-42-50(71(7,8)9)33-38-65(57)79-68(67)75/h17-38,41-46H,39-40H2,1-16H3. The molecule has 1 aromatic heterocycles. The molecule has 9 aromatic rings. The van der Waals surface area contributed by atoms with E-state index in [0.717, 1.165) is 23.5 Å². The molecule has 0 saturated heterocycles. The molecule has 0 unspecified atom stereocenters. The zero-order valence-corrected chi connectivity index (χ0v) is 50.7. The van der Waals surface area contributed by atoms with Crippen LogP contribution in [0, 0.1) is 0 Å². The quantitative estimate of drug-likeness (QED) is 0.154. The number of para-hydroxylation sites is 2. The van der Waals surface area contributed by atoms with E-state index in [4.69, 9.17) is 0 Å². The first-order chi connectivity index (χ1) is 37.2. The average molecular weight is 1050 g/mol. The molecular weight excluding hydrogens is 974 g/mol. The fraction of sp³-hybridized carbons (Fsp3) is 0.324. The molecular formula is C74H80BN3S. The first kappa shape index (κ1) is 52.9. The van der Waals surface area contributed by atoms with Crippen LogP contribution in [0.1, 0.15) is 157 Å². The predicted octanol–water partition coefficient (Wildman–Crippen LogP) is 19.7. The zero-order chi connectivity index (χ0) is 55.9. The third-order valence-electron chi connectivity index (χ3n) is 17.9. The van der Waals surface area contributed by atoms with Gasteiger partial charge in [-0.1, -0.05) is 202 Å². The number of benzene rings is 8. The van der Waals surface area contributed by atoms with Crippen molar-refractivity contribution in [3.05, 3.63) is 203 Å². The van der Waals surface area contributed by atoms with E-state index < -0.39 is 0 Å². The maximum absolute atomic E-state index is 2.72. The molecule has 2 aliphatic heterocycles. The molecule has 0 spiro atoms. The molecule has 0 radical (unpaired) electrons. The summed E-state index contributed by atoms with van der Waals surface area (Å²) in [5.41, 5.74) is 24.0. The molecule has 0 amide bonds. The number of thiophene rings is 1. The summed E-state index contributed by atoms with van der Waals surface area (Å²) in [5, 5.41) is 1.32. The Morgan fingerprint density at radius 3 is 1.53 bits per heavy atom. The second kappa shape index (κ2) is 18.4. The summed E-state index contributed by atoms with van der Waals surface area (Å²) in [7, 11) is 0. The van der Waals surface area contributed by atoms with Gasteiger partial charge in [0.25, 0.3) is 6.71 Å². The van der Waals surface area contributed by atoms with Gasteiger partial charge in [0.05, 0.1) is 17.1 Å². The minimum absolute atomic E-state index is 0.0105. The largest absolute Gasteiger partial charge is 0.311 e. The summed E-state index contributed by atoms with van der Waals surface area (Å²) in [6.45, 7) is 37.9. The van der Waals surface area contributed by atoms with Crippen LogP contribution in [0.15, 0.2) is 170 Å². The van der Waals surface area contributed by atoms with Crippen LogP contribution in [0.4, 0.5) is 51.2 Å². The number of fused-ring (bicyclic) bond motifs is 7. The highest BCUT2D eigenvalue weighted by atomic mass is 32.1. The minimum Gasteiger partial charge on any atom is -0.311 e. The molecule has 8 aromatic carbocycles. The van der Waals surface area contributed by atoms with Crippen molar-refractivity contribution < 1.29 is 0 Å². The second-order valence-corrected chi connectivity index (χ2v) is 29.7. The van der Waals surface area contributed by atoms with Crippen LogP contribution in [-0.2, 0) is 32.5 Å². The van der Waals surface area contributed by atoms with Crippen molar-refractivity contribution in [2.75, 3.05) is 14.7 Å². The lowest BCUT2D eigenvalue weighted by molar-refractivity contribution is 0.332. The third kappa shape index (κ3) is 9.04. The second-order valence-electron chi connectivity index (χ2n) is 28.6. The van der Waals surface area contributed by atoms with Crippen LogP contribution >= 0.6 is 11.3 Å². The van der Waals surface area contributed by atoms with Gasteiger partial charge in [0.15, 0.2) is 0 Å². The number of anilines is 9. The van der Waals surface area contributed by atoms with E-state index in [1.165, 1.54) is 111 Å². The van der Waals surface area contributed by atoms with Crippen LogP contribution in [0.25, 0.3) is 21.2 Å². The lowest BCUT2D eigenvalue weighted by Crippen LogP contribution is -2.60. The molecule has 12 rings (SSSR count). The van der Waals surface area contributed by atoms with Gasteiger partial charge in [0.2, 0.25) is 0 Å². The van der Waals surface area contributed by atoms with E-state index in [1.54, 1.807) is 0 Å². The molecule has 5 heteroatoms. The molecule has 1 aliphatic carbocycles. The molecule has 79 heavy (non-hydrogen) atoms. The summed E-state index contributed by atoms with van der Waals surface area (Å²) in [4.78, 5) is 7.87. The topological polar surface area (TPSA) is 9.72 Å². The molecule has 0 N–H and O–H groups in total. The van der Waals surface area contributed by atoms with Gasteiger partial charge in [-0.3, -0.25) is 0 Å². The first-order valence-electron chi connectivity index (χ1n) is 29.0. The minimum atomic E-state index is -0.0813. The SMILES string of the molecule is CC(C)(C)c1ccc(-c2cc(C(C)(C)C)ccc2N2c3ccc(C(C)(C)C)cc3B3c4sc5ccc(C(C)(C)C)cc5c4N(c4ccc5c(c4)C(C)(C)CCC5(C)C)c4cc(N(c5ccccc5)c5ccccc5)cc2c43)cc1. The van der Waals surface area contributed by atoms with Gasteiger partial charge in [0, 0.05) is 54.6 Å². The molecule has 3 heterocycles. The Bertz CT molecular complexity index is 3790. The normalized spacial score (nSPS) is 15.6. The third-order valence-corrected chi connectivity index (χ3v) is 19.1. The Balaban J connectivity index is 1.26. The molecule has 0 atom stereocenters. The van der Waals surface area contributed by atoms with Gasteiger partial charge in [0.1, 0.15) is 0 Å². The summed E-state index contributed by atoms with van der Waals surface area (Å²) < 4.78 is 2.72. The van der Waals surface area contributed by atoms with Crippen molar-refractivity contribution in [1.29, 1.82) is 0 Å². The Morgan fingerprint density at radius 2 is 0.949 bits per heavy atom. The smallest absolute Gasteiger partial charge is 0.264 e. The molecule has 400 valence electrons. The summed E-state index contributed by atoms with van der Waals surface area (Å²) >= 11 is 2.00. The Morgan fingerprint density at radius 1 is 0.443 bits per heavy atom. The summed E-state index contributed by atoms with van der Waals surface area (Å²) in [5.74, 6) is 0. The average Bonchev–Trinajstić information content (AvgIpc) is 4.08. The van der Waals surface area contributed by atoms with Crippen LogP contribution < -0.4 is 30.4 Å². The van der Waals surface area contributed by atoms with Gasteiger partial charge in [-0.25, -0.2) is 0 Å². The van der Waals surface area contributed by atoms with Gasteiger partial charge < -0.3 is 14.7 Å². The van der Waals surface area contributed by atoms with Crippen LogP contribution in [0.5, 0.6) is 0 Å². The van der Waals surface area contributed by atoms with E-state index >= 15 is 0 Å². The van der Waals surface area contributed by atoms with Crippen molar-refractivity contribution in [3.8, 4) is 11.1 Å². The van der Waals surface area contributed by atoms with Crippen molar-refractivity contribution in [3.63, 3.8) is 0 Å². The number of nitrogens with zero attached hydrogens (tertiary/aromatic N) is 3. The molecule has 3 aliphatic rings. The van der Waals surface area contributed by atoms with E-state index in [-0.39, 0.29) is 39.2 Å². The fourth-order valence-corrected chi connectivity index (χ4v) is 14.3. The van der Waals surface area contributed by atoms with E-state index in [2.05, 4.69) is 295 Å². The predicted molar refractivity (Wildman–Crippen MR) is 346 cm³/mol. The summed E-state index contributed by atoms with van der Waals surface area (Å²) in [6.07, 6.45) is 2.31. The van der Waals surface area contributed by atoms with Crippen LogP contribution in [0.2, 0.25) is 0 Å². The van der Waals surface area contributed by atoms with E-state index in [1.807, 2.05) is 11.3 Å². The highest BCUT2D eigenvalue weighted by molar-refractivity contribution is 7.33. The highest BCUT2D eigenvalue weighted by Gasteiger charge is 2.47. The van der Waals surface area contributed by atoms with E-state index in [0.29, 0.717) is 0 Å². The Hall–Kier alpha value is -6.82. The molecule has 0 fully saturated rings. The van der Waals surface area contributed by atoms with Crippen molar-refractivity contribution >= 4 is 95.0 Å². The monoisotopic (exact) mass is 1050 g/mol. The number of rotatable bonds is 6. The number of hydrogen-bond acceptors (Lipinski definition) is 4. The highest BCUT2D eigenvalue weighted by Crippen LogP contribution is 2.55. The lowest BCUT2D eigenvalue weighted by Gasteiger charge is -2.46. The molecule has 0 bridgehead atoms. The number of hydrogen-bond donors (Lipinski definition) is 0. The van der Waals surface area contributed by atoms with Gasteiger partial charge in [-0.05, 0) is 174 Å². The van der Waals surface area contributed by atoms with Gasteiger partial charge in [-0.15, -0.1) is 11.3 Å². The van der Waals surface area contributed by atoms with Gasteiger partial charge in [-0.2, -0.15) is 0 Å². The lowest BCUT2D eigenvalue weighted by atomic mass is 9.36. The maximum Gasteiger partial charge on any atom is 0.264 e. The van der Waals surface area contributed by atoms with Crippen molar-refractivity contribution in [2.45, 2.75) is 156 Å². The Kier molecular flexibility index (Phi) is 12.3. The summed E-state index contributed by atoms with van der Waals surface area (Å²) in [6, 6.07) is 66.2. The fourth-order valence-electron chi connectivity index (χ4n) is 13.0. The molecule has 3 nitrogen and oxygen atoms in total.